The first-order valence-corrected chi connectivity index (χ1v) is 8.84. The number of nitrogen functional groups attached to an aromatic ring is 1. The van der Waals surface area contributed by atoms with Gasteiger partial charge in [0, 0.05) is 19.9 Å². The summed E-state index contributed by atoms with van der Waals surface area (Å²) in [5.41, 5.74) is 7.71. The van der Waals surface area contributed by atoms with Crippen LogP contribution in [0.15, 0.2) is 29.2 Å². The standard InChI is InChI=1S/C13H17N3O3S2/c1-19-8-10-6-4-3-5-9(10)7-15-13-11(21(2,17)18)12(14)16-20-13/h3-6,15H,7-8H2,1-2H3,(H2,14,16). The summed E-state index contributed by atoms with van der Waals surface area (Å²) in [6.45, 7) is 0.977. The van der Waals surface area contributed by atoms with Crippen LogP contribution in [0.1, 0.15) is 11.1 Å². The summed E-state index contributed by atoms with van der Waals surface area (Å²) in [6.07, 6.45) is 1.12. The van der Waals surface area contributed by atoms with E-state index in [0.717, 1.165) is 28.9 Å². The van der Waals surface area contributed by atoms with Crippen molar-refractivity contribution >= 4 is 32.2 Å². The van der Waals surface area contributed by atoms with E-state index in [-0.39, 0.29) is 10.7 Å². The molecule has 0 atom stereocenters. The lowest BCUT2D eigenvalue weighted by Crippen LogP contribution is -2.07. The third-order valence-electron chi connectivity index (χ3n) is 2.90. The van der Waals surface area contributed by atoms with E-state index in [0.29, 0.717) is 18.2 Å². The van der Waals surface area contributed by atoms with E-state index < -0.39 is 9.84 Å². The van der Waals surface area contributed by atoms with Crippen LogP contribution in [-0.4, -0.2) is 26.2 Å². The Morgan fingerprint density at radius 2 is 2.00 bits per heavy atom. The summed E-state index contributed by atoms with van der Waals surface area (Å²) in [4.78, 5) is 0.0664. The van der Waals surface area contributed by atoms with E-state index in [1.54, 1.807) is 7.11 Å². The van der Waals surface area contributed by atoms with Gasteiger partial charge < -0.3 is 15.8 Å². The monoisotopic (exact) mass is 327 g/mol. The molecule has 21 heavy (non-hydrogen) atoms. The van der Waals surface area contributed by atoms with Gasteiger partial charge in [0.1, 0.15) is 9.90 Å². The smallest absolute Gasteiger partial charge is 0.182 e. The van der Waals surface area contributed by atoms with E-state index in [9.17, 15) is 8.42 Å². The van der Waals surface area contributed by atoms with Gasteiger partial charge in [0.15, 0.2) is 15.7 Å². The summed E-state index contributed by atoms with van der Waals surface area (Å²) in [6, 6.07) is 7.80. The van der Waals surface area contributed by atoms with E-state index in [1.807, 2.05) is 24.3 Å². The Morgan fingerprint density at radius 1 is 1.33 bits per heavy atom. The number of nitrogens with zero attached hydrogens (tertiary/aromatic N) is 1. The molecule has 3 N–H and O–H groups in total. The fourth-order valence-corrected chi connectivity index (χ4v) is 4.03. The van der Waals surface area contributed by atoms with Crippen LogP contribution in [0, 0.1) is 0 Å². The number of nitrogens with one attached hydrogen (secondary N) is 1. The average Bonchev–Trinajstić information content (AvgIpc) is 2.79. The van der Waals surface area contributed by atoms with Crippen molar-refractivity contribution in [2.75, 3.05) is 24.4 Å². The number of methoxy groups -OCH3 is 1. The first kappa shape index (κ1) is 15.7. The number of sulfone groups is 1. The van der Waals surface area contributed by atoms with Gasteiger partial charge in [0.2, 0.25) is 0 Å². The maximum Gasteiger partial charge on any atom is 0.182 e. The lowest BCUT2D eigenvalue weighted by molar-refractivity contribution is 0.184. The first-order valence-electron chi connectivity index (χ1n) is 6.18. The van der Waals surface area contributed by atoms with E-state index in [4.69, 9.17) is 10.5 Å². The highest BCUT2D eigenvalue weighted by Gasteiger charge is 2.21. The summed E-state index contributed by atoms with van der Waals surface area (Å²) in [7, 11) is -1.78. The molecule has 1 aromatic heterocycles. The zero-order valence-electron chi connectivity index (χ0n) is 11.8. The van der Waals surface area contributed by atoms with Gasteiger partial charge in [-0.3, -0.25) is 0 Å². The number of anilines is 2. The minimum atomic E-state index is -3.41. The molecule has 1 aromatic carbocycles. The van der Waals surface area contributed by atoms with Gasteiger partial charge in [-0.2, -0.15) is 4.37 Å². The molecule has 0 amide bonds. The van der Waals surface area contributed by atoms with Crippen molar-refractivity contribution < 1.29 is 13.2 Å². The van der Waals surface area contributed by atoms with Crippen LogP contribution in [0.5, 0.6) is 0 Å². The van der Waals surface area contributed by atoms with E-state index in [2.05, 4.69) is 9.69 Å². The Balaban J connectivity index is 2.22. The predicted octanol–water partition coefficient (Wildman–Crippen LogP) is 1.89. The van der Waals surface area contributed by atoms with E-state index >= 15 is 0 Å². The summed E-state index contributed by atoms with van der Waals surface area (Å²) in [5.74, 6) is 0.0372. The fraction of sp³-hybridized carbons (Fsp3) is 0.308. The van der Waals surface area contributed by atoms with Gasteiger partial charge in [0.05, 0.1) is 6.61 Å². The third-order valence-corrected chi connectivity index (χ3v) is 5.01. The molecule has 114 valence electrons. The highest BCUT2D eigenvalue weighted by molar-refractivity contribution is 7.91. The van der Waals surface area contributed by atoms with Crippen molar-refractivity contribution in [2.45, 2.75) is 18.0 Å². The molecule has 0 aliphatic carbocycles. The number of hydrogen-bond acceptors (Lipinski definition) is 7. The summed E-state index contributed by atoms with van der Waals surface area (Å²) in [5, 5.41) is 3.56. The fourth-order valence-electron chi connectivity index (χ4n) is 1.97. The van der Waals surface area contributed by atoms with Gasteiger partial charge in [-0.1, -0.05) is 24.3 Å². The largest absolute Gasteiger partial charge is 0.382 e. The number of ether oxygens (including phenoxy) is 1. The zero-order valence-corrected chi connectivity index (χ0v) is 13.4. The normalized spacial score (nSPS) is 11.5. The molecule has 0 saturated heterocycles. The molecule has 0 saturated carbocycles. The Labute approximate surface area is 128 Å². The molecule has 0 aliphatic heterocycles. The van der Waals surface area contributed by atoms with Crippen LogP contribution in [0.4, 0.5) is 10.8 Å². The number of hydrogen-bond donors (Lipinski definition) is 2. The van der Waals surface area contributed by atoms with Crippen LogP contribution in [0.3, 0.4) is 0 Å². The summed E-state index contributed by atoms with van der Waals surface area (Å²) >= 11 is 1.04. The molecule has 0 fully saturated rings. The number of nitrogens with two attached hydrogens (primary N) is 1. The van der Waals surface area contributed by atoms with Gasteiger partial charge >= 0.3 is 0 Å². The number of rotatable bonds is 6. The predicted molar refractivity (Wildman–Crippen MR) is 84.1 cm³/mol. The molecular weight excluding hydrogens is 310 g/mol. The topological polar surface area (TPSA) is 94.3 Å². The molecule has 0 radical (unpaired) electrons. The van der Waals surface area contributed by atoms with Crippen molar-refractivity contribution in [1.82, 2.24) is 4.37 Å². The van der Waals surface area contributed by atoms with Crippen LogP contribution in [-0.2, 0) is 27.7 Å². The van der Waals surface area contributed by atoms with Gasteiger partial charge in [-0.25, -0.2) is 8.42 Å². The molecule has 6 nitrogen and oxygen atoms in total. The van der Waals surface area contributed by atoms with Crippen molar-refractivity contribution in [2.24, 2.45) is 0 Å². The zero-order chi connectivity index (χ0) is 15.5. The van der Waals surface area contributed by atoms with Crippen molar-refractivity contribution in [1.29, 1.82) is 0 Å². The van der Waals surface area contributed by atoms with Crippen LogP contribution >= 0.6 is 11.5 Å². The Hall–Kier alpha value is -1.64. The molecular formula is C13H17N3O3S2. The Bertz CT molecular complexity index is 726. The molecule has 0 spiro atoms. The molecule has 0 bridgehead atoms. The van der Waals surface area contributed by atoms with Crippen LogP contribution in [0.2, 0.25) is 0 Å². The second kappa shape index (κ2) is 6.42. The number of benzene rings is 1. The van der Waals surface area contributed by atoms with Gasteiger partial charge in [0.25, 0.3) is 0 Å². The molecule has 1 heterocycles. The Kier molecular flexibility index (Phi) is 4.81. The molecule has 0 unspecified atom stereocenters. The number of aromatic nitrogens is 1. The van der Waals surface area contributed by atoms with Crippen molar-refractivity contribution in [3.05, 3.63) is 35.4 Å². The third kappa shape index (κ3) is 3.72. The van der Waals surface area contributed by atoms with Crippen LogP contribution < -0.4 is 11.1 Å². The second-order valence-electron chi connectivity index (χ2n) is 4.55. The SMILES string of the molecule is COCc1ccccc1CNc1snc(N)c1S(C)(=O)=O. The molecule has 2 aromatic rings. The lowest BCUT2D eigenvalue weighted by atomic mass is 10.1. The highest BCUT2D eigenvalue weighted by atomic mass is 32.2. The molecule has 8 heteroatoms. The maximum atomic E-state index is 11.7. The minimum absolute atomic E-state index is 0.0372. The van der Waals surface area contributed by atoms with E-state index in [1.165, 1.54) is 0 Å². The molecule has 0 aliphatic rings. The first-order chi connectivity index (χ1) is 9.93. The quantitative estimate of drug-likeness (QED) is 0.841. The maximum absolute atomic E-state index is 11.7. The minimum Gasteiger partial charge on any atom is -0.382 e. The summed E-state index contributed by atoms with van der Waals surface area (Å²) < 4.78 is 32.5. The average molecular weight is 327 g/mol. The highest BCUT2D eigenvalue weighted by Crippen LogP contribution is 2.31. The van der Waals surface area contributed by atoms with Crippen molar-refractivity contribution in [3.8, 4) is 0 Å². The molecule has 2 rings (SSSR count). The lowest BCUT2D eigenvalue weighted by Gasteiger charge is -2.10. The Morgan fingerprint density at radius 3 is 2.62 bits per heavy atom. The second-order valence-corrected chi connectivity index (χ2v) is 7.28. The van der Waals surface area contributed by atoms with Crippen molar-refractivity contribution in [3.63, 3.8) is 0 Å². The van der Waals surface area contributed by atoms with Gasteiger partial charge in [-0.05, 0) is 22.7 Å². The van der Waals surface area contributed by atoms with Gasteiger partial charge in [-0.15, -0.1) is 0 Å². The van der Waals surface area contributed by atoms with Crippen LogP contribution in [0.25, 0.3) is 0 Å².